The summed E-state index contributed by atoms with van der Waals surface area (Å²) in [5.41, 5.74) is 9.56. The second-order valence-electron chi connectivity index (χ2n) is 8.91. The highest BCUT2D eigenvalue weighted by atomic mass is 35.5. The summed E-state index contributed by atoms with van der Waals surface area (Å²) in [4.78, 5) is 26.1. The number of esters is 1. The van der Waals surface area contributed by atoms with E-state index >= 15 is 0 Å². The molecule has 38 heavy (non-hydrogen) atoms. The molecule has 0 unspecified atom stereocenters. The molecule has 2 N–H and O–H groups in total. The van der Waals surface area contributed by atoms with Crippen molar-refractivity contribution >= 4 is 52.2 Å². The summed E-state index contributed by atoms with van der Waals surface area (Å²) in [7, 11) is 0. The molecule has 1 saturated heterocycles. The van der Waals surface area contributed by atoms with Crippen molar-refractivity contribution < 1.29 is 9.53 Å². The third kappa shape index (κ3) is 6.83. The van der Waals surface area contributed by atoms with Crippen molar-refractivity contribution in [2.75, 3.05) is 32.0 Å². The van der Waals surface area contributed by atoms with Crippen molar-refractivity contribution in [3.63, 3.8) is 0 Å². The number of piperidine rings is 1. The van der Waals surface area contributed by atoms with Crippen LogP contribution in [0.25, 0.3) is 15.4 Å². The number of aromatic nitrogens is 2. The van der Waals surface area contributed by atoms with Gasteiger partial charge in [-0.2, -0.15) is 5.26 Å². The predicted molar refractivity (Wildman–Crippen MR) is 151 cm³/mol. The number of nitriles is 1. The molecule has 2 aromatic heterocycles. The van der Waals surface area contributed by atoms with Gasteiger partial charge in [0.15, 0.2) is 0 Å². The van der Waals surface area contributed by atoms with E-state index in [-0.39, 0.29) is 23.4 Å². The number of pyridine rings is 1. The molecular weight excluding hydrogens is 540 g/mol. The average Bonchev–Trinajstić information content (AvgIpc) is 3.39. The van der Waals surface area contributed by atoms with E-state index in [1.165, 1.54) is 18.7 Å². The molecule has 4 rings (SSSR count). The smallest absolute Gasteiger partial charge is 0.302 e. The lowest BCUT2D eigenvalue weighted by Gasteiger charge is -2.33. The number of likely N-dealkylation sites (tertiary alicyclic amines) is 1. The zero-order valence-corrected chi connectivity index (χ0v) is 23.3. The summed E-state index contributed by atoms with van der Waals surface area (Å²) >= 11 is 8.97. The number of anilines is 1. The zero-order valence-electron chi connectivity index (χ0n) is 20.9. The number of ether oxygens (including phenoxy) is 1. The van der Waals surface area contributed by atoms with Gasteiger partial charge in [-0.3, -0.25) is 4.79 Å². The quantitative estimate of drug-likeness (QED) is 0.139. The zero-order chi connectivity index (χ0) is 27.1. The molecule has 0 atom stereocenters. The summed E-state index contributed by atoms with van der Waals surface area (Å²) in [6, 6.07) is 9.88. The van der Waals surface area contributed by atoms with E-state index in [9.17, 15) is 10.1 Å². The molecule has 3 heterocycles. The van der Waals surface area contributed by atoms with Crippen molar-refractivity contribution in [3.8, 4) is 16.6 Å². The van der Waals surface area contributed by atoms with Crippen LogP contribution in [0.5, 0.6) is 0 Å². The van der Waals surface area contributed by atoms with Crippen molar-refractivity contribution in [2.45, 2.75) is 42.9 Å². The number of carbonyl (C=O) groups excluding carboxylic acids is 1. The van der Waals surface area contributed by atoms with Gasteiger partial charge in [0.2, 0.25) is 5.69 Å². The molecule has 0 aliphatic carbocycles. The van der Waals surface area contributed by atoms with Crippen molar-refractivity contribution in [3.05, 3.63) is 62.9 Å². The van der Waals surface area contributed by atoms with Gasteiger partial charge in [-0.05, 0) is 56.0 Å². The van der Waals surface area contributed by atoms with Gasteiger partial charge in [0.05, 0.1) is 24.4 Å². The van der Waals surface area contributed by atoms with Crippen LogP contribution in [0.2, 0.25) is 5.02 Å². The van der Waals surface area contributed by atoms with Gasteiger partial charge in [-0.15, -0.1) is 11.3 Å². The average molecular weight is 567 g/mol. The number of rotatable bonds is 9. The van der Waals surface area contributed by atoms with Gasteiger partial charge >= 0.3 is 5.97 Å². The van der Waals surface area contributed by atoms with Crippen molar-refractivity contribution in [1.29, 1.82) is 5.26 Å². The highest BCUT2D eigenvalue weighted by Crippen LogP contribution is 2.43. The van der Waals surface area contributed by atoms with Gasteiger partial charge in [-0.25, -0.2) is 14.8 Å². The van der Waals surface area contributed by atoms with Crippen LogP contribution in [0.3, 0.4) is 0 Å². The van der Waals surface area contributed by atoms with Crippen LogP contribution in [-0.2, 0) is 15.3 Å². The van der Waals surface area contributed by atoms with E-state index in [1.54, 1.807) is 11.3 Å². The van der Waals surface area contributed by atoms with Gasteiger partial charge in [0.25, 0.3) is 0 Å². The van der Waals surface area contributed by atoms with E-state index in [4.69, 9.17) is 33.6 Å². The Bertz CT molecular complexity index is 1370. The maximum absolute atomic E-state index is 11.0. The first kappa shape index (κ1) is 27.9. The van der Waals surface area contributed by atoms with Crippen molar-refractivity contribution in [1.82, 2.24) is 14.9 Å². The molecule has 1 aromatic carbocycles. The number of hydrogen-bond donors (Lipinski definition) is 1. The van der Waals surface area contributed by atoms with Crippen molar-refractivity contribution in [2.24, 2.45) is 0 Å². The summed E-state index contributed by atoms with van der Waals surface area (Å²) in [6.45, 7) is 12.1. The molecule has 0 saturated carbocycles. The Balaban J connectivity index is 1.47. The number of nitrogens with two attached hydrogens (primary N) is 1. The Morgan fingerprint density at radius 1 is 1.34 bits per heavy atom. The molecule has 0 radical (unpaired) electrons. The van der Waals surface area contributed by atoms with Crippen LogP contribution in [0.1, 0.15) is 48.9 Å². The monoisotopic (exact) mass is 566 g/mol. The van der Waals surface area contributed by atoms with E-state index in [1.807, 2.05) is 29.6 Å². The maximum atomic E-state index is 11.0. The van der Waals surface area contributed by atoms with Crippen LogP contribution >= 0.6 is 34.7 Å². The first-order chi connectivity index (χ1) is 18.4. The Morgan fingerprint density at radius 3 is 2.74 bits per heavy atom. The van der Waals surface area contributed by atoms with Gasteiger partial charge in [-0.1, -0.05) is 35.5 Å². The minimum atomic E-state index is -0.264. The number of nitrogen functional groups attached to an aromatic ring is 1. The van der Waals surface area contributed by atoms with Gasteiger partial charge < -0.3 is 15.4 Å². The van der Waals surface area contributed by atoms with Crippen LogP contribution in [0.4, 0.5) is 11.5 Å². The number of thiazole rings is 1. The molecule has 1 aliphatic heterocycles. The highest BCUT2D eigenvalue weighted by molar-refractivity contribution is 7.98. The molecule has 0 bridgehead atoms. The summed E-state index contributed by atoms with van der Waals surface area (Å²) in [5.74, 6) is 0.488. The number of benzene rings is 1. The second kappa shape index (κ2) is 13.1. The van der Waals surface area contributed by atoms with Crippen LogP contribution in [0, 0.1) is 17.9 Å². The number of carbonyl (C=O) groups is 1. The van der Waals surface area contributed by atoms with Crippen LogP contribution in [-0.4, -0.2) is 47.1 Å². The third-order valence-corrected chi connectivity index (χ3v) is 8.55. The van der Waals surface area contributed by atoms with Crippen LogP contribution < -0.4 is 5.73 Å². The SMILES string of the molecule is [C-]#[N+]c1c(N)nc(SCc2csc(-c3ccc(Cl)cc3)n2)c(C#N)c1C1CCN(CCCOC(C)=O)CC1. The molecule has 11 heteroatoms. The minimum Gasteiger partial charge on any atom is -0.466 e. The standard InChI is InChI=1S/C27H27ClN6O2S2/c1-17(35)36-13-3-10-34-11-8-18(9-12-34)23-22(14-29)27(33-25(30)24(23)31-2)38-16-21-15-37-26(32-21)19-4-6-20(28)7-5-19/h4-7,15,18H,3,8-13,16H2,1H3,(H2,30,33). The van der Waals surface area contributed by atoms with E-state index in [0.29, 0.717) is 28.0 Å². The predicted octanol–water partition coefficient (Wildman–Crippen LogP) is 6.29. The lowest BCUT2D eigenvalue weighted by molar-refractivity contribution is -0.141. The summed E-state index contributed by atoms with van der Waals surface area (Å²) in [5, 5.41) is 14.2. The third-order valence-electron chi connectivity index (χ3n) is 6.35. The Kier molecular flexibility index (Phi) is 9.59. The molecule has 196 valence electrons. The minimum absolute atomic E-state index is 0.0545. The first-order valence-corrected chi connectivity index (χ1v) is 14.4. The summed E-state index contributed by atoms with van der Waals surface area (Å²) < 4.78 is 5.03. The summed E-state index contributed by atoms with van der Waals surface area (Å²) in [6.07, 6.45) is 2.41. The number of hydrogen-bond acceptors (Lipinski definition) is 9. The molecular formula is C27H27ClN6O2S2. The second-order valence-corrected chi connectivity index (χ2v) is 11.2. The molecule has 1 fully saturated rings. The van der Waals surface area contributed by atoms with Crippen LogP contribution in [0.15, 0.2) is 34.7 Å². The Labute approximate surface area is 235 Å². The highest BCUT2D eigenvalue weighted by Gasteiger charge is 2.29. The fraction of sp³-hybridized carbons (Fsp3) is 0.370. The lowest BCUT2D eigenvalue weighted by atomic mass is 9.86. The number of nitrogens with zero attached hydrogens (tertiary/aromatic N) is 5. The maximum Gasteiger partial charge on any atom is 0.302 e. The lowest BCUT2D eigenvalue weighted by Crippen LogP contribution is -2.34. The van der Waals surface area contributed by atoms with E-state index in [0.717, 1.165) is 60.7 Å². The first-order valence-electron chi connectivity index (χ1n) is 12.2. The molecule has 1 aliphatic rings. The molecule has 3 aromatic rings. The fourth-order valence-corrected chi connectivity index (χ4v) is 6.46. The van der Waals surface area contributed by atoms with E-state index in [2.05, 4.69) is 20.8 Å². The molecule has 8 nitrogen and oxygen atoms in total. The normalized spacial score (nSPS) is 14.1. The Hall–Kier alpha value is -3.15. The number of halogens is 1. The van der Waals surface area contributed by atoms with Gasteiger partial charge in [0, 0.05) is 35.2 Å². The topological polar surface area (TPSA) is 109 Å². The number of thioether (sulfide) groups is 1. The largest absolute Gasteiger partial charge is 0.466 e. The Morgan fingerprint density at radius 2 is 2.08 bits per heavy atom. The fourth-order valence-electron chi connectivity index (χ4n) is 4.51. The van der Waals surface area contributed by atoms with E-state index < -0.39 is 0 Å². The van der Waals surface area contributed by atoms with Gasteiger partial charge in [0.1, 0.15) is 21.9 Å². The molecule has 0 amide bonds. The molecule has 0 spiro atoms.